The van der Waals surface area contributed by atoms with Gasteiger partial charge in [-0.3, -0.25) is 9.59 Å². The van der Waals surface area contributed by atoms with Gasteiger partial charge in [0.25, 0.3) is 0 Å². The van der Waals surface area contributed by atoms with Crippen LogP contribution in [-0.4, -0.2) is 18.0 Å². The number of hydrazone groups is 1. The van der Waals surface area contributed by atoms with Gasteiger partial charge in [0, 0.05) is 27.9 Å². The number of carbonyl (C=O) groups excluding carboxylic acids is 2. The first-order chi connectivity index (χ1) is 12.5. The van der Waals surface area contributed by atoms with Crippen molar-refractivity contribution in [3.05, 3.63) is 62.5 Å². The second-order valence-corrected chi connectivity index (χ2v) is 7.04. The molecule has 2 aromatic rings. The zero-order valence-corrected chi connectivity index (χ0v) is 16.7. The number of hydrogen-bond acceptors (Lipinski definition) is 3. The van der Waals surface area contributed by atoms with Crippen molar-refractivity contribution in [2.75, 3.05) is 5.32 Å². The SMILES string of the molecule is O=C(CCCC(=O)Nc1ccccc1Br)N/N=C/c1ccc(Cl)cc1Cl. The number of anilines is 1. The van der Waals surface area contributed by atoms with Crippen LogP contribution in [0.2, 0.25) is 10.0 Å². The van der Waals surface area contributed by atoms with E-state index < -0.39 is 0 Å². The van der Waals surface area contributed by atoms with Gasteiger partial charge in [-0.15, -0.1) is 0 Å². The lowest BCUT2D eigenvalue weighted by atomic mass is 10.2. The van der Waals surface area contributed by atoms with Gasteiger partial charge in [0.05, 0.1) is 16.9 Å². The summed E-state index contributed by atoms with van der Waals surface area (Å²) in [5.74, 6) is -0.429. The number of halogens is 3. The molecule has 136 valence electrons. The highest BCUT2D eigenvalue weighted by molar-refractivity contribution is 9.10. The Hall–Kier alpha value is -1.89. The number of hydrogen-bond donors (Lipinski definition) is 2. The van der Waals surface area contributed by atoms with Crippen LogP contribution in [0.3, 0.4) is 0 Å². The van der Waals surface area contributed by atoms with E-state index in [4.69, 9.17) is 23.2 Å². The van der Waals surface area contributed by atoms with Gasteiger partial charge in [0.1, 0.15) is 0 Å². The largest absolute Gasteiger partial charge is 0.325 e. The Kier molecular flexibility index (Phi) is 8.09. The molecule has 0 saturated carbocycles. The van der Waals surface area contributed by atoms with Crippen molar-refractivity contribution in [3.63, 3.8) is 0 Å². The highest BCUT2D eigenvalue weighted by Crippen LogP contribution is 2.21. The Labute approximate surface area is 169 Å². The Morgan fingerprint density at radius 1 is 1.08 bits per heavy atom. The maximum atomic E-state index is 11.9. The predicted molar refractivity (Wildman–Crippen MR) is 109 cm³/mol. The normalized spacial score (nSPS) is 10.7. The molecule has 0 atom stereocenters. The second-order valence-electron chi connectivity index (χ2n) is 5.34. The summed E-state index contributed by atoms with van der Waals surface area (Å²) in [7, 11) is 0. The quantitative estimate of drug-likeness (QED) is 0.453. The molecule has 0 aromatic heterocycles. The molecule has 5 nitrogen and oxygen atoms in total. The number of benzene rings is 2. The molecule has 0 radical (unpaired) electrons. The molecular weight excluding hydrogens is 441 g/mol. The van der Waals surface area contributed by atoms with Crippen LogP contribution < -0.4 is 10.7 Å². The summed E-state index contributed by atoms with van der Waals surface area (Å²) in [4.78, 5) is 23.6. The standard InChI is InChI=1S/C18H16BrCl2N3O2/c19-14-4-1-2-5-16(14)23-17(25)6-3-7-18(26)24-22-11-12-8-9-13(20)10-15(12)21/h1-2,4-5,8-11H,3,6-7H2,(H,23,25)(H,24,26)/b22-11+. The summed E-state index contributed by atoms with van der Waals surface area (Å²) in [5, 5.41) is 7.61. The fourth-order valence-electron chi connectivity index (χ4n) is 2.02. The van der Waals surface area contributed by atoms with Crippen molar-refractivity contribution in [1.82, 2.24) is 5.43 Å². The van der Waals surface area contributed by atoms with Gasteiger partial charge in [0.2, 0.25) is 11.8 Å². The smallest absolute Gasteiger partial charge is 0.240 e. The van der Waals surface area contributed by atoms with E-state index in [9.17, 15) is 9.59 Å². The minimum absolute atomic E-state index is 0.152. The summed E-state index contributed by atoms with van der Waals surface area (Å²) in [6, 6.07) is 12.3. The monoisotopic (exact) mass is 455 g/mol. The van der Waals surface area contributed by atoms with Crippen LogP contribution in [0.25, 0.3) is 0 Å². The molecule has 0 aliphatic carbocycles. The average molecular weight is 457 g/mol. The van der Waals surface area contributed by atoms with E-state index in [1.165, 1.54) is 6.21 Å². The van der Waals surface area contributed by atoms with Crippen molar-refractivity contribution in [1.29, 1.82) is 0 Å². The van der Waals surface area contributed by atoms with Gasteiger partial charge in [0.15, 0.2) is 0 Å². The van der Waals surface area contributed by atoms with Crippen LogP contribution in [0.1, 0.15) is 24.8 Å². The van der Waals surface area contributed by atoms with E-state index in [1.807, 2.05) is 18.2 Å². The van der Waals surface area contributed by atoms with E-state index in [0.29, 0.717) is 27.7 Å². The summed E-state index contributed by atoms with van der Waals surface area (Å²) in [6.07, 6.45) is 2.28. The van der Waals surface area contributed by atoms with Crippen molar-refractivity contribution in [2.45, 2.75) is 19.3 Å². The van der Waals surface area contributed by atoms with E-state index in [2.05, 4.69) is 31.8 Å². The first-order valence-electron chi connectivity index (χ1n) is 7.77. The van der Waals surface area contributed by atoms with Crippen LogP contribution in [0, 0.1) is 0 Å². The third kappa shape index (κ3) is 6.78. The third-order valence-electron chi connectivity index (χ3n) is 3.31. The van der Waals surface area contributed by atoms with Crippen LogP contribution >= 0.6 is 39.1 Å². The molecule has 8 heteroatoms. The van der Waals surface area contributed by atoms with Gasteiger partial charge in [-0.25, -0.2) is 5.43 Å². The number of nitrogens with one attached hydrogen (secondary N) is 2. The van der Waals surface area contributed by atoms with E-state index in [1.54, 1.807) is 24.3 Å². The van der Waals surface area contributed by atoms with E-state index >= 15 is 0 Å². The topological polar surface area (TPSA) is 70.6 Å². The van der Waals surface area contributed by atoms with Gasteiger partial charge in [-0.1, -0.05) is 41.4 Å². The summed E-state index contributed by atoms with van der Waals surface area (Å²) < 4.78 is 0.807. The summed E-state index contributed by atoms with van der Waals surface area (Å²) >= 11 is 15.2. The molecule has 0 fully saturated rings. The fraction of sp³-hybridized carbons (Fsp3) is 0.167. The van der Waals surface area contributed by atoms with Gasteiger partial charge >= 0.3 is 0 Å². The molecule has 0 unspecified atom stereocenters. The summed E-state index contributed by atoms with van der Waals surface area (Å²) in [5.41, 5.74) is 3.75. The van der Waals surface area contributed by atoms with E-state index in [-0.39, 0.29) is 24.7 Å². The number of nitrogens with zero attached hydrogens (tertiary/aromatic N) is 1. The van der Waals surface area contributed by atoms with E-state index in [0.717, 1.165) is 4.47 Å². The zero-order valence-electron chi connectivity index (χ0n) is 13.6. The molecule has 0 spiro atoms. The molecular formula is C18H16BrCl2N3O2. The molecule has 2 N–H and O–H groups in total. The maximum absolute atomic E-state index is 11.9. The highest BCUT2D eigenvalue weighted by atomic mass is 79.9. The first-order valence-corrected chi connectivity index (χ1v) is 9.32. The molecule has 2 amide bonds. The second kappa shape index (κ2) is 10.3. The number of rotatable bonds is 7. The molecule has 26 heavy (non-hydrogen) atoms. The Morgan fingerprint density at radius 3 is 2.54 bits per heavy atom. The number of carbonyl (C=O) groups is 2. The van der Waals surface area contributed by atoms with Crippen molar-refractivity contribution >= 4 is 62.8 Å². The van der Waals surface area contributed by atoms with Gasteiger partial charge in [-0.05, 0) is 46.6 Å². The number of para-hydroxylation sites is 1. The molecule has 2 rings (SSSR count). The first kappa shape index (κ1) is 20.4. The van der Waals surface area contributed by atoms with Crippen molar-refractivity contribution in [3.8, 4) is 0 Å². The van der Waals surface area contributed by atoms with Crippen LogP contribution in [0.15, 0.2) is 52.0 Å². The molecule has 2 aromatic carbocycles. The summed E-state index contributed by atoms with van der Waals surface area (Å²) in [6.45, 7) is 0. The Morgan fingerprint density at radius 2 is 1.81 bits per heavy atom. The Bertz CT molecular complexity index is 828. The van der Waals surface area contributed by atoms with Gasteiger partial charge < -0.3 is 5.32 Å². The lowest BCUT2D eigenvalue weighted by Crippen LogP contribution is -2.18. The average Bonchev–Trinajstić information content (AvgIpc) is 2.59. The number of amides is 2. The lowest BCUT2D eigenvalue weighted by molar-refractivity contribution is -0.121. The predicted octanol–water partition coefficient (Wildman–Crippen LogP) is 5.02. The van der Waals surface area contributed by atoms with Crippen LogP contribution in [-0.2, 0) is 9.59 Å². The molecule has 0 saturated heterocycles. The van der Waals surface area contributed by atoms with Crippen molar-refractivity contribution in [2.24, 2.45) is 5.10 Å². The maximum Gasteiger partial charge on any atom is 0.240 e. The molecule has 0 heterocycles. The molecule has 0 aliphatic rings. The van der Waals surface area contributed by atoms with Crippen LogP contribution in [0.5, 0.6) is 0 Å². The lowest BCUT2D eigenvalue weighted by Gasteiger charge is -2.06. The minimum atomic E-state index is -0.278. The molecule has 0 aliphatic heterocycles. The molecule has 0 bridgehead atoms. The van der Waals surface area contributed by atoms with Gasteiger partial charge in [-0.2, -0.15) is 5.10 Å². The highest BCUT2D eigenvalue weighted by Gasteiger charge is 2.07. The minimum Gasteiger partial charge on any atom is -0.325 e. The van der Waals surface area contributed by atoms with Crippen LogP contribution in [0.4, 0.5) is 5.69 Å². The van der Waals surface area contributed by atoms with Crippen molar-refractivity contribution < 1.29 is 9.59 Å². The third-order valence-corrected chi connectivity index (χ3v) is 4.56. The Balaban J connectivity index is 1.71. The fourth-order valence-corrected chi connectivity index (χ4v) is 2.86. The zero-order chi connectivity index (χ0) is 18.9.